The lowest BCUT2D eigenvalue weighted by Gasteiger charge is -2.12. The van der Waals surface area contributed by atoms with E-state index in [4.69, 9.17) is 5.26 Å². The minimum Gasteiger partial charge on any atom is -0.379 e. The molecule has 0 fully saturated rings. The molecule has 110 valence electrons. The molecule has 0 aliphatic carbocycles. The molecule has 0 atom stereocenters. The van der Waals surface area contributed by atoms with Gasteiger partial charge in [0.05, 0.1) is 5.69 Å². The van der Waals surface area contributed by atoms with Crippen molar-refractivity contribution in [3.8, 4) is 6.07 Å². The average Bonchev–Trinajstić information content (AvgIpc) is 2.93. The zero-order chi connectivity index (χ0) is 15.3. The zero-order valence-electron chi connectivity index (χ0n) is 11.5. The lowest BCUT2D eigenvalue weighted by molar-refractivity contribution is 0.584. The predicted octanol–water partition coefficient (Wildman–Crippen LogP) is 2.53. The van der Waals surface area contributed by atoms with Crippen LogP contribution in [0.2, 0.25) is 0 Å². The Bertz CT molecular complexity index is 761. The van der Waals surface area contributed by atoms with Crippen LogP contribution in [0.5, 0.6) is 0 Å². The standard InChI is InChI=1S/C14H15N3O2S2/c1-2-17-21(18,19)14-6-4-3-5-13(14)16-10-12-8-7-11(9-15)20-12/h3-8,16-17H,2,10H2,1H3. The maximum atomic E-state index is 12.1. The van der Waals surface area contributed by atoms with E-state index in [1.807, 2.05) is 6.07 Å². The van der Waals surface area contributed by atoms with Crippen LogP contribution in [0.25, 0.3) is 0 Å². The molecule has 2 aromatic rings. The number of nitriles is 1. The number of rotatable bonds is 6. The molecule has 0 saturated carbocycles. The molecule has 0 saturated heterocycles. The summed E-state index contributed by atoms with van der Waals surface area (Å²) < 4.78 is 26.7. The molecule has 5 nitrogen and oxygen atoms in total. The molecule has 0 unspecified atom stereocenters. The van der Waals surface area contributed by atoms with E-state index >= 15 is 0 Å². The third-order valence-electron chi connectivity index (χ3n) is 2.74. The number of anilines is 1. The van der Waals surface area contributed by atoms with Crippen molar-refractivity contribution in [2.24, 2.45) is 0 Å². The Morgan fingerprint density at radius 3 is 2.67 bits per heavy atom. The van der Waals surface area contributed by atoms with Crippen molar-refractivity contribution in [3.63, 3.8) is 0 Å². The number of hydrogen-bond acceptors (Lipinski definition) is 5. The van der Waals surface area contributed by atoms with Gasteiger partial charge in [-0.1, -0.05) is 19.1 Å². The summed E-state index contributed by atoms with van der Waals surface area (Å²) in [5.74, 6) is 0. The van der Waals surface area contributed by atoms with Crippen molar-refractivity contribution in [2.75, 3.05) is 11.9 Å². The molecule has 2 N–H and O–H groups in total. The lowest BCUT2D eigenvalue weighted by Crippen LogP contribution is -2.24. The lowest BCUT2D eigenvalue weighted by atomic mass is 10.3. The molecule has 1 aromatic heterocycles. The summed E-state index contributed by atoms with van der Waals surface area (Å²) in [5.41, 5.74) is 0.547. The normalized spacial score (nSPS) is 11.0. The van der Waals surface area contributed by atoms with Crippen LogP contribution in [-0.2, 0) is 16.6 Å². The van der Waals surface area contributed by atoms with Crippen molar-refractivity contribution in [3.05, 3.63) is 46.2 Å². The number of thiophene rings is 1. The van der Waals surface area contributed by atoms with E-state index in [0.717, 1.165) is 4.88 Å². The molecule has 21 heavy (non-hydrogen) atoms. The molecule has 0 amide bonds. The largest absolute Gasteiger partial charge is 0.379 e. The fraction of sp³-hybridized carbons (Fsp3) is 0.214. The highest BCUT2D eigenvalue weighted by molar-refractivity contribution is 7.89. The fourth-order valence-electron chi connectivity index (χ4n) is 1.83. The van der Waals surface area contributed by atoms with Crippen molar-refractivity contribution in [2.45, 2.75) is 18.4 Å². The fourth-order valence-corrected chi connectivity index (χ4v) is 3.80. The van der Waals surface area contributed by atoms with Gasteiger partial charge in [-0.2, -0.15) is 5.26 Å². The van der Waals surface area contributed by atoms with Crippen LogP contribution in [0, 0.1) is 11.3 Å². The van der Waals surface area contributed by atoms with Crippen LogP contribution < -0.4 is 10.0 Å². The molecule has 1 heterocycles. The maximum absolute atomic E-state index is 12.1. The summed E-state index contributed by atoms with van der Waals surface area (Å²) in [4.78, 5) is 1.84. The second kappa shape index (κ2) is 6.72. The van der Waals surface area contributed by atoms with E-state index in [1.165, 1.54) is 11.3 Å². The van der Waals surface area contributed by atoms with Gasteiger partial charge in [0.25, 0.3) is 0 Å². The molecule has 0 radical (unpaired) electrons. The molecular formula is C14H15N3O2S2. The number of hydrogen-bond donors (Lipinski definition) is 2. The van der Waals surface area contributed by atoms with Gasteiger partial charge in [-0.3, -0.25) is 0 Å². The Balaban J connectivity index is 2.19. The van der Waals surface area contributed by atoms with Gasteiger partial charge in [0.1, 0.15) is 15.8 Å². The Labute approximate surface area is 128 Å². The zero-order valence-corrected chi connectivity index (χ0v) is 13.1. The van der Waals surface area contributed by atoms with Gasteiger partial charge >= 0.3 is 0 Å². The van der Waals surface area contributed by atoms with Crippen molar-refractivity contribution < 1.29 is 8.42 Å². The van der Waals surface area contributed by atoms with Crippen LogP contribution >= 0.6 is 11.3 Å². The van der Waals surface area contributed by atoms with E-state index < -0.39 is 10.0 Å². The number of sulfonamides is 1. The van der Waals surface area contributed by atoms with Crippen molar-refractivity contribution >= 4 is 27.0 Å². The van der Waals surface area contributed by atoms with E-state index in [9.17, 15) is 8.42 Å². The molecule has 7 heteroatoms. The first-order valence-corrected chi connectivity index (χ1v) is 8.68. The predicted molar refractivity (Wildman–Crippen MR) is 83.7 cm³/mol. The number of nitrogens with one attached hydrogen (secondary N) is 2. The van der Waals surface area contributed by atoms with E-state index in [1.54, 1.807) is 37.3 Å². The van der Waals surface area contributed by atoms with Crippen molar-refractivity contribution in [1.82, 2.24) is 4.72 Å². The second-order valence-corrected chi connectivity index (χ2v) is 7.13. The van der Waals surface area contributed by atoms with Crippen LogP contribution in [-0.4, -0.2) is 15.0 Å². The minimum atomic E-state index is -3.51. The molecule has 1 aromatic carbocycles. The summed E-state index contributed by atoms with van der Waals surface area (Å²) in [5, 5.41) is 11.9. The van der Waals surface area contributed by atoms with E-state index in [2.05, 4.69) is 16.1 Å². The summed E-state index contributed by atoms with van der Waals surface area (Å²) in [6, 6.07) is 12.5. The van der Waals surface area contributed by atoms with Gasteiger partial charge in [0.2, 0.25) is 10.0 Å². The average molecular weight is 321 g/mol. The highest BCUT2D eigenvalue weighted by Gasteiger charge is 2.16. The van der Waals surface area contributed by atoms with E-state index in [0.29, 0.717) is 23.7 Å². The second-order valence-electron chi connectivity index (χ2n) is 4.23. The van der Waals surface area contributed by atoms with E-state index in [-0.39, 0.29) is 4.90 Å². The number of para-hydroxylation sites is 1. The Kier molecular flexibility index (Phi) is 4.96. The molecule has 2 rings (SSSR count). The smallest absolute Gasteiger partial charge is 0.242 e. The minimum absolute atomic E-state index is 0.226. The monoisotopic (exact) mass is 321 g/mol. The third kappa shape index (κ3) is 3.82. The van der Waals surface area contributed by atoms with Crippen molar-refractivity contribution in [1.29, 1.82) is 5.26 Å². The highest BCUT2D eigenvalue weighted by atomic mass is 32.2. The van der Waals surface area contributed by atoms with Gasteiger partial charge in [-0.15, -0.1) is 11.3 Å². The van der Waals surface area contributed by atoms with Gasteiger partial charge in [0.15, 0.2) is 0 Å². The quantitative estimate of drug-likeness (QED) is 0.856. The Morgan fingerprint density at radius 2 is 2.00 bits per heavy atom. The summed E-state index contributed by atoms with van der Waals surface area (Å²) in [6.07, 6.45) is 0. The number of benzene rings is 1. The molecule has 0 aliphatic rings. The molecule has 0 aliphatic heterocycles. The van der Waals surface area contributed by atoms with Crippen LogP contribution in [0.1, 0.15) is 16.7 Å². The van der Waals surface area contributed by atoms with Gasteiger partial charge in [-0.05, 0) is 24.3 Å². The number of nitrogens with zero attached hydrogens (tertiary/aromatic N) is 1. The first-order valence-electron chi connectivity index (χ1n) is 6.38. The third-order valence-corrected chi connectivity index (χ3v) is 5.33. The topological polar surface area (TPSA) is 82.0 Å². The maximum Gasteiger partial charge on any atom is 0.242 e. The van der Waals surface area contributed by atoms with Crippen LogP contribution in [0.3, 0.4) is 0 Å². The molecular weight excluding hydrogens is 306 g/mol. The highest BCUT2D eigenvalue weighted by Crippen LogP contribution is 2.23. The Morgan fingerprint density at radius 1 is 1.24 bits per heavy atom. The first kappa shape index (κ1) is 15.5. The van der Waals surface area contributed by atoms with Crippen LogP contribution in [0.4, 0.5) is 5.69 Å². The first-order chi connectivity index (χ1) is 10.1. The summed E-state index contributed by atoms with van der Waals surface area (Å²) in [7, 11) is -3.51. The van der Waals surface area contributed by atoms with Crippen LogP contribution in [0.15, 0.2) is 41.3 Å². The van der Waals surface area contributed by atoms with Gasteiger partial charge in [0, 0.05) is 18.0 Å². The Hall–Kier alpha value is -1.88. The summed E-state index contributed by atoms with van der Waals surface area (Å²) >= 11 is 1.39. The molecule has 0 spiro atoms. The van der Waals surface area contributed by atoms with Gasteiger partial charge < -0.3 is 5.32 Å². The molecule has 0 bridgehead atoms. The van der Waals surface area contributed by atoms with Gasteiger partial charge in [-0.25, -0.2) is 13.1 Å². The SMILES string of the molecule is CCNS(=O)(=O)c1ccccc1NCc1ccc(C#N)s1. The summed E-state index contributed by atoms with van der Waals surface area (Å²) in [6.45, 7) is 2.56.